The van der Waals surface area contributed by atoms with Crippen molar-refractivity contribution >= 4 is 12.3 Å². The first-order chi connectivity index (χ1) is 10.2. The number of carbonyl (C=O) groups is 2. The molecular formula is C17H16O4. The van der Waals surface area contributed by atoms with Crippen molar-refractivity contribution in [1.82, 2.24) is 0 Å². The van der Waals surface area contributed by atoms with Crippen LogP contribution in [0.1, 0.15) is 31.8 Å². The number of ether oxygens (including phenoxy) is 2. The zero-order valence-corrected chi connectivity index (χ0v) is 12.0. The van der Waals surface area contributed by atoms with Crippen molar-refractivity contribution in [2.24, 2.45) is 0 Å². The van der Waals surface area contributed by atoms with E-state index >= 15 is 0 Å². The van der Waals surface area contributed by atoms with E-state index in [0.717, 1.165) is 17.4 Å². The predicted molar refractivity (Wildman–Crippen MR) is 78.7 cm³/mol. The second-order valence-electron chi connectivity index (χ2n) is 4.58. The number of rotatable bonds is 5. The molecule has 0 aliphatic rings. The maximum absolute atomic E-state index is 11.8. The number of esters is 1. The molecule has 0 unspecified atom stereocenters. The Kier molecular flexibility index (Phi) is 4.72. The molecule has 4 nitrogen and oxygen atoms in total. The average molecular weight is 284 g/mol. The zero-order chi connectivity index (χ0) is 15.2. The number of hydrogen-bond donors (Lipinski definition) is 0. The number of methoxy groups -OCH3 is 1. The van der Waals surface area contributed by atoms with E-state index in [4.69, 9.17) is 9.47 Å². The lowest BCUT2D eigenvalue weighted by atomic mass is 10.0. The lowest BCUT2D eigenvalue weighted by Gasteiger charge is -2.12. The molecule has 0 spiro atoms. The Morgan fingerprint density at radius 1 is 1.19 bits per heavy atom. The molecule has 0 atom stereocenters. The molecule has 0 aromatic heterocycles. The molecule has 0 bridgehead atoms. The maximum atomic E-state index is 11.8. The van der Waals surface area contributed by atoms with E-state index in [1.807, 2.05) is 25.1 Å². The first-order valence-corrected chi connectivity index (χ1v) is 6.50. The summed E-state index contributed by atoms with van der Waals surface area (Å²) in [7, 11) is 1.35. The number of benzene rings is 2. The Balaban J connectivity index is 2.21. The topological polar surface area (TPSA) is 52.6 Å². The summed E-state index contributed by atoms with van der Waals surface area (Å²) in [5, 5.41) is 0. The van der Waals surface area contributed by atoms with Gasteiger partial charge in [0.25, 0.3) is 0 Å². The van der Waals surface area contributed by atoms with Crippen molar-refractivity contribution in [3.05, 3.63) is 64.7 Å². The van der Waals surface area contributed by atoms with Crippen LogP contribution in [0, 0.1) is 6.92 Å². The molecule has 2 aromatic carbocycles. The van der Waals surface area contributed by atoms with Gasteiger partial charge < -0.3 is 9.47 Å². The van der Waals surface area contributed by atoms with Crippen LogP contribution in [-0.2, 0) is 11.3 Å². The fraction of sp³-hybridized carbons (Fsp3) is 0.176. The summed E-state index contributed by atoms with van der Waals surface area (Å²) in [4.78, 5) is 22.6. The molecule has 0 fully saturated rings. The van der Waals surface area contributed by atoms with E-state index in [0.29, 0.717) is 16.9 Å². The summed E-state index contributed by atoms with van der Waals surface area (Å²) >= 11 is 0. The molecule has 0 aliphatic carbocycles. The fourth-order valence-electron chi connectivity index (χ4n) is 2.08. The summed E-state index contributed by atoms with van der Waals surface area (Å²) in [6.07, 6.45) is 0.763. The van der Waals surface area contributed by atoms with Crippen molar-refractivity contribution in [1.29, 1.82) is 0 Å². The third kappa shape index (κ3) is 3.48. The molecule has 2 rings (SSSR count). The fourth-order valence-corrected chi connectivity index (χ4v) is 2.08. The van der Waals surface area contributed by atoms with E-state index in [9.17, 15) is 9.59 Å². The SMILES string of the molecule is COC(=O)c1c(C)cccc1COc1cccc(C=O)c1. The molecule has 0 amide bonds. The summed E-state index contributed by atoms with van der Waals surface area (Å²) in [5.41, 5.74) is 2.65. The number of aryl methyl sites for hydroxylation is 1. The van der Waals surface area contributed by atoms with Crippen LogP contribution in [0.4, 0.5) is 0 Å². The minimum absolute atomic E-state index is 0.231. The van der Waals surface area contributed by atoms with Gasteiger partial charge in [-0.2, -0.15) is 0 Å². The van der Waals surface area contributed by atoms with Crippen molar-refractivity contribution in [2.45, 2.75) is 13.5 Å². The van der Waals surface area contributed by atoms with Crippen molar-refractivity contribution < 1.29 is 19.1 Å². The Morgan fingerprint density at radius 2 is 1.95 bits per heavy atom. The third-order valence-electron chi connectivity index (χ3n) is 3.14. The van der Waals surface area contributed by atoms with Crippen LogP contribution < -0.4 is 4.74 Å². The summed E-state index contributed by atoms with van der Waals surface area (Å²) in [6.45, 7) is 2.08. The minimum atomic E-state index is -0.381. The van der Waals surface area contributed by atoms with Gasteiger partial charge in [0.15, 0.2) is 0 Å². The average Bonchev–Trinajstić information content (AvgIpc) is 2.52. The normalized spacial score (nSPS) is 10.0. The van der Waals surface area contributed by atoms with Crippen LogP contribution in [0.3, 0.4) is 0 Å². The first-order valence-electron chi connectivity index (χ1n) is 6.50. The van der Waals surface area contributed by atoms with Gasteiger partial charge in [0.05, 0.1) is 12.7 Å². The van der Waals surface area contributed by atoms with E-state index in [-0.39, 0.29) is 12.6 Å². The largest absolute Gasteiger partial charge is 0.489 e. The first kappa shape index (κ1) is 14.8. The van der Waals surface area contributed by atoms with Gasteiger partial charge >= 0.3 is 5.97 Å². The molecule has 2 aromatic rings. The molecule has 108 valence electrons. The Bertz CT molecular complexity index is 662. The number of carbonyl (C=O) groups excluding carboxylic acids is 2. The van der Waals surface area contributed by atoms with Crippen LogP contribution in [0.2, 0.25) is 0 Å². The molecule has 4 heteroatoms. The highest BCUT2D eigenvalue weighted by Gasteiger charge is 2.14. The molecule has 0 saturated carbocycles. The van der Waals surface area contributed by atoms with Gasteiger partial charge in [-0.25, -0.2) is 4.79 Å². The van der Waals surface area contributed by atoms with Gasteiger partial charge in [-0.15, -0.1) is 0 Å². The van der Waals surface area contributed by atoms with Gasteiger partial charge in [-0.1, -0.05) is 30.3 Å². The molecule has 0 saturated heterocycles. The highest BCUT2D eigenvalue weighted by molar-refractivity contribution is 5.92. The highest BCUT2D eigenvalue weighted by atomic mass is 16.5. The van der Waals surface area contributed by atoms with Gasteiger partial charge in [0.2, 0.25) is 0 Å². The molecule has 0 radical (unpaired) electrons. The maximum Gasteiger partial charge on any atom is 0.338 e. The summed E-state index contributed by atoms with van der Waals surface area (Å²) in [5.74, 6) is 0.199. The number of hydrogen-bond acceptors (Lipinski definition) is 4. The van der Waals surface area contributed by atoms with Crippen LogP contribution in [0.5, 0.6) is 5.75 Å². The molecule has 21 heavy (non-hydrogen) atoms. The zero-order valence-electron chi connectivity index (χ0n) is 12.0. The van der Waals surface area contributed by atoms with Crippen molar-refractivity contribution in [2.75, 3.05) is 7.11 Å². The monoisotopic (exact) mass is 284 g/mol. The van der Waals surface area contributed by atoms with Crippen LogP contribution >= 0.6 is 0 Å². The van der Waals surface area contributed by atoms with E-state index < -0.39 is 0 Å². The van der Waals surface area contributed by atoms with E-state index in [2.05, 4.69) is 0 Å². The molecule has 0 heterocycles. The van der Waals surface area contributed by atoms with Crippen molar-refractivity contribution in [3.63, 3.8) is 0 Å². The molecule has 0 N–H and O–H groups in total. The molecule has 0 aliphatic heterocycles. The smallest absolute Gasteiger partial charge is 0.338 e. The summed E-state index contributed by atoms with van der Waals surface area (Å²) < 4.78 is 10.5. The van der Waals surface area contributed by atoms with E-state index in [1.54, 1.807) is 24.3 Å². The second-order valence-corrected chi connectivity index (χ2v) is 4.58. The standard InChI is InChI=1S/C17H16O4/c1-12-5-3-7-14(16(12)17(19)20-2)11-21-15-8-4-6-13(9-15)10-18/h3-10H,11H2,1-2H3. The van der Waals surface area contributed by atoms with Crippen LogP contribution in [-0.4, -0.2) is 19.4 Å². The van der Waals surface area contributed by atoms with E-state index in [1.165, 1.54) is 7.11 Å². The quantitative estimate of drug-likeness (QED) is 0.625. The Morgan fingerprint density at radius 3 is 2.67 bits per heavy atom. The van der Waals surface area contributed by atoms with Crippen molar-refractivity contribution in [3.8, 4) is 5.75 Å². The number of aldehydes is 1. The second kappa shape index (κ2) is 6.70. The van der Waals surface area contributed by atoms with Gasteiger partial charge in [0.1, 0.15) is 18.6 Å². The van der Waals surface area contributed by atoms with Crippen LogP contribution in [0.25, 0.3) is 0 Å². The minimum Gasteiger partial charge on any atom is -0.489 e. The van der Waals surface area contributed by atoms with Crippen LogP contribution in [0.15, 0.2) is 42.5 Å². The lowest BCUT2D eigenvalue weighted by Crippen LogP contribution is -2.10. The summed E-state index contributed by atoms with van der Waals surface area (Å²) in [6, 6.07) is 12.4. The van der Waals surface area contributed by atoms with Gasteiger partial charge in [0, 0.05) is 11.1 Å². The highest BCUT2D eigenvalue weighted by Crippen LogP contribution is 2.19. The van der Waals surface area contributed by atoms with Gasteiger partial charge in [-0.05, 0) is 24.6 Å². The van der Waals surface area contributed by atoms with Gasteiger partial charge in [-0.3, -0.25) is 4.79 Å². The Labute approximate surface area is 123 Å². The predicted octanol–water partition coefficient (Wildman–Crippen LogP) is 3.17. The third-order valence-corrected chi connectivity index (χ3v) is 3.14. The molecular weight excluding hydrogens is 268 g/mol. The Hall–Kier alpha value is -2.62. The lowest BCUT2D eigenvalue weighted by molar-refractivity contribution is 0.0597.